The van der Waals surface area contributed by atoms with Gasteiger partial charge in [-0.25, -0.2) is 13.2 Å². The van der Waals surface area contributed by atoms with Crippen molar-refractivity contribution in [3.63, 3.8) is 0 Å². The van der Waals surface area contributed by atoms with Crippen LogP contribution in [0.1, 0.15) is 63.6 Å². The summed E-state index contributed by atoms with van der Waals surface area (Å²) in [6, 6.07) is 12.4. The van der Waals surface area contributed by atoms with E-state index in [1.54, 1.807) is 61.2 Å². The smallest absolute Gasteiger partial charge is 0.335 e. The summed E-state index contributed by atoms with van der Waals surface area (Å²) in [6.45, 7) is 6.78. The number of halogens is 2. The van der Waals surface area contributed by atoms with Crippen molar-refractivity contribution < 1.29 is 52.7 Å². The van der Waals surface area contributed by atoms with Gasteiger partial charge in [-0.15, -0.1) is 0 Å². The van der Waals surface area contributed by atoms with Crippen LogP contribution in [0.3, 0.4) is 0 Å². The van der Waals surface area contributed by atoms with Crippen LogP contribution in [0.25, 0.3) is 0 Å². The van der Waals surface area contributed by atoms with Gasteiger partial charge in [-0.3, -0.25) is 9.59 Å². The second-order valence-corrected chi connectivity index (χ2v) is 16.4. The molecule has 2 fully saturated rings. The second-order valence-electron chi connectivity index (χ2n) is 13.0. The number of hydrogen-bond acceptors (Lipinski definition) is 10. The number of aliphatic hydroxyl groups excluding tert-OH is 3. The van der Waals surface area contributed by atoms with Crippen molar-refractivity contribution in [1.82, 2.24) is 4.90 Å². The Morgan fingerprint density at radius 2 is 1.60 bits per heavy atom. The fourth-order valence-corrected chi connectivity index (χ4v) is 8.01. The fraction of sp³-hybridized carbons (Fsp3) is 0.545. The number of piperidine rings is 1. The minimum absolute atomic E-state index is 0.104. The molecule has 1 unspecified atom stereocenters. The minimum Gasteiger partial charge on any atom is -0.479 e. The van der Waals surface area contributed by atoms with Gasteiger partial charge in [0.2, 0.25) is 12.2 Å². The maximum atomic E-state index is 14.6. The Morgan fingerprint density at radius 3 is 2.17 bits per heavy atom. The highest BCUT2D eigenvalue weighted by atomic mass is 35.5. The molecule has 2 aliphatic heterocycles. The van der Waals surface area contributed by atoms with E-state index < -0.39 is 94.0 Å². The zero-order valence-corrected chi connectivity index (χ0v) is 29.2. The van der Waals surface area contributed by atoms with E-state index in [1.165, 1.54) is 0 Å². The number of amides is 1. The largest absolute Gasteiger partial charge is 0.479 e. The molecule has 2 aromatic carbocycles. The van der Waals surface area contributed by atoms with Crippen LogP contribution in [-0.4, -0.2) is 99.3 Å². The Labute approximate surface area is 289 Å². The maximum absolute atomic E-state index is 14.6. The number of carboxylic acids is 1. The van der Waals surface area contributed by atoms with E-state index in [-0.39, 0.29) is 18.1 Å². The molecule has 0 radical (unpaired) electrons. The molecule has 0 aliphatic carbocycles. The van der Waals surface area contributed by atoms with Gasteiger partial charge in [-0.2, -0.15) is 0 Å². The normalized spacial score (nSPS) is 28.8. The van der Waals surface area contributed by atoms with Gasteiger partial charge in [-0.1, -0.05) is 61.3 Å². The van der Waals surface area contributed by atoms with Crippen molar-refractivity contribution in [2.75, 3.05) is 5.75 Å². The summed E-state index contributed by atoms with van der Waals surface area (Å²) >= 11 is 12.6. The quantitative estimate of drug-likeness (QED) is 0.249. The zero-order valence-electron chi connectivity index (χ0n) is 26.8. The van der Waals surface area contributed by atoms with Gasteiger partial charge >= 0.3 is 11.9 Å². The second kappa shape index (κ2) is 15.4. The van der Waals surface area contributed by atoms with E-state index in [0.717, 1.165) is 5.56 Å². The molecule has 4 rings (SSSR count). The molecule has 1 amide bonds. The van der Waals surface area contributed by atoms with Gasteiger partial charge in [0.15, 0.2) is 15.9 Å². The van der Waals surface area contributed by atoms with E-state index in [0.29, 0.717) is 15.6 Å². The topological polar surface area (TPSA) is 188 Å². The van der Waals surface area contributed by atoms with Gasteiger partial charge in [0, 0.05) is 27.9 Å². The van der Waals surface area contributed by atoms with Crippen LogP contribution in [0, 0.1) is 11.8 Å². The first-order valence-electron chi connectivity index (χ1n) is 15.6. The number of nitrogens with zero attached hydrogens (tertiary/aromatic N) is 1. The van der Waals surface area contributed by atoms with Gasteiger partial charge in [0.1, 0.15) is 18.3 Å². The van der Waals surface area contributed by atoms with Crippen LogP contribution < -0.4 is 0 Å². The van der Waals surface area contributed by atoms with Crippen LogP contribution in [0.15, 0.2) is 48.5 Å². The average molecular weight is 731 g/mol. The maximum Gasteiger partial charge on any atom is 0.335 e. The molecule has 2 heterocycles. The number of carbonyl (C=O) groups excluding carboxylic acids is 2. The van der Waals surface area contributed by atoms with Gasteiger partial charge in [0.05, 0.1) is 23.5 Å². The molecule has 2 saturated heterocycles. The summed E-state index contributed by atoms with van der Waals surface area (Å²) in [7, 11) is -3.67. The SMILES string of the molecule is CC(C)[C@@H](CS(=O)(=O)C(C)C)N1C(=O)[C@@H](CC(=O)OC2O[C@H](C(=O)O)[C@@H](O)[C@H](O)[C@H]2O)C[C@H](c2cccc(Cl)c2)[C@H]1c1ccc(Cl)cc1. The molecule has 12 nitrogen and oxygen atoms in total. The van der Waals surface area contributed by atoms with E-state index in [2.05, 4.69) is 0 Å². The summed E-state index contributed by atoms with van der Waals surface area (Å²) in [6.07, 6.45) is -10.3. The average Bonchev–Trinajstić information content (AvgIpc) is 3.01. The lowest BCUT2D eigenvalue weighted by atomic mass is 9.74. The molecule has 15 heteroatoms. The minimum atomic E-state index is -3.67. The summed E-state index contributed by atoms with van der Waals surface area (Å²) in [5.41, 5.74) is 1.43. The van der Waals surface area contributed by atoms with Crippen molar-refractivity contribution in [1.29, 1.82) is 0 Å². The Hall–Kier alpha value is -2.78. The first-order valence-corrected chi connectivity index (χ1v) is 18.1. The third-order valence-electron chi connectivity index (χ3n) is 9.03. The first-order chi connectivity index (χ1) is 22.4. The van der Waals surface area contributed by atoms with Crippen molar-refractivity contribution in [3.8, 4) is 0 Å². The van der Waals surface area contributed by atoms with E-state index >= 15 is 0 Å². The Morgan fingerprint density at radius 1 is 0.958 bits per heavy atom. The Balaban J connectivity index is 1.77. The highest BCUT2D eigenvalue weighted by molar-refractivity contribution is 7.92. The molecule has 4 N–H and O–H groups in total. The van der Waals surface area contributed by atoms with Crippen LogP contribution in [0.5, 0.6) is 0 Å². The van der Waals surface area contributed by atoms with Gasteiger partial charge in [0.25, 0.3) is 0 Å². The van der Waals surface area contributed by atoms with Crippen LogP contribution in [0.2, 0.25) is 10.0 Å². The van der Waals surface area contributed by atoms with E-state index in [4.69, 9.17) is 32.7 Å². The first kappa shape index (κ1) is 38.0. The number of benzene rings is 2. The summed E-state index contributed by atoms with van der Waals surface area (Å²) < 4.78 is 37.0. The van der Waals surface area contributed by atoms with E-state index in [9.17, 15) is 43.2 Å². The zero-order chi connectivity index (χ0) is 35.7. The number of sulfone groups is 1. The number of carbonyl (C=O) groups is 3. The molecule has 264 valence electrons. The number of likely N-dealkylation sites (tertiary alicyclic amines) is 1. The van der Waals surface area contributed by atoms with Crippen LogP contribution in [-0.2, 0) is 33.7 Å². The molecule has 9 atom stereocenters. The monoisotopic (exact) mass is 729 g/mol. The number of aliphatic hydroxyl groups is 3. The molecule has 0 spiro atoms. The molecule has 0 saturated carbocycles. The molecular weight excluding hydrogens is 689 g/mol. The number of rotatable bonds is 11. The number of esters is 1. The molecule has 0 bridgehead atoms. The third kappa shape index (κ3) is 8.32. The summed E-state index contributed by atoms with van der Waals surface area (Å²) in [4.78, 5) is 41.0. The molecule has 0 aromatic heterocycles. The molecule has 48 heavy (non-hydrogen) atoms. The van der Waals surface area contributed by atoms with Gasteiger partial charge < -0.3 is 34.8 Å². The highest BCUT2D eigenvalue weighted by Gasteiger charge is 2.51. The predicted octanol–water partition coefficient (Wildman–Crippen LogP) is 3.34. The number of carboxylic acid groups (broad SMARTS) is 1. The lowest BCUT2D eigenvalue weighted by Crippen LogP contribution is -2.60. The predicted molar refractivity (Wildman–Crippen MR) is 176 cm³/mol. The fourth-order valence-electron chi connectivity index (χ4n) is 6.28. The van der Waals surface area contributed by atoms with Crippen LogP contribution >= 0.6 is 23.2 Å². The Kier molecular flexibility index (Phi) is 12.2. The standard InChI is InChI=1S/C33H41Cl2NO11S/c1-16(2)24(15-48(44,45)17(3)4)36-26(18-8-10-21(34)11-9-18)23(19-6-5-7-22(35)12-19)13-20(31(36)41)14-25(37)46-33-29(40)27(38)28(39)30(47-33)32(42)43/h5-12,16-17,20,23-24,26-30,33,38-40H,13-15H2,1-4H3,(H,42,43)/t20-,23-,24-,26-,27+,28+,29-,30+,33?/m1/s1. The van der Waals surface area contributed by atoms with Crippen molar-refractivity contribution in [2.24, 2.45) is 11.8 Å². The summed E-state index contributed by atoms with van der Waals surface area (Å²) in [5.74, 6) is -5.43. The van der Waals surface area contributed by atoms with Crippen molar-refractivity contribution >= 4 is 50.9 Å². The lowest BCUT2D eigenvalue weighted by molar-refractivity contribution is -0.286. The number of ether oxygens (including phenoxy) is 2. The molecular formula is C33H41Cl2NO11S. The Bertz CT molecular complexity index is 1590. The van der Waals surface area contributed by atoms with Gasteiger partial charge in [-0.05, 0) is 61.6 Å². The highest BCUT2D eigenvalue weighted by Crippen LogP contribution is 2.48. The van der Waals surface area contributed by atoms with Crippen molar-refractivity contribution in [3.05, 3.63) is 69.7 Å². The lowest BCUT2D eigenvalue weighted by Gasteiger charge is -2.49. The summed E-state index contributed by atoms with van der Waals surface area (Å²) in [5, 5.41) is 40.1. The third-order valence-corrected chi connectivity index (χ3v) is 11.8. The number of hydrogen-bond donors (Lipinski definition) is 4. The molecule has 2 aromatic rings. The van der Waals surface area contributed by atoms with Crippen molar-refractivity contribution in [2.45, 2.75) is 94.5 Å². The number of aliphatic carboxylic acids is 1. The van der Waals surface area contributed by atoms with Crippen LogP contribution in [0.4, 0.5) is 0 Å². The van der Waals surface area contributed by atoms with E-state index in [1.807, 2.05) is 19.9 Å². The molecule has 2 aliphatic rings.